The van der Waals surface area contributed by atoms with Gasteiger partial charge in [-0.15, -0.1) is 0 Å². The van der Waals surface area contributed by atoms with Gasteiger partial charge in [0.2, 0.25) is 5.91 Å². The Hall–Kier alpha value is -3.61. The second-order valence-corrected chi connectivity index (χ2v) is 7.17. The van der Waals surface area contributed by atoms with E-state index in [0.29, 0.717) is 18.8 Å². The Balaban J connectivity index is 1.70. The normalized spacial score (nSPS) is 12.2. The molecule has 30 heavy (non-hydrogen) atoms. The number of ether oxygens (including phenoxy) is 1. The number of rotatable bonds is 6. The van der Waals surface area contributed by atoms with Crippen LogP contribution in [0, 0.1) is 6.92 Å². The van der Waals surface area contributed by atoms with E-state index in [1.807, 2.05) is 78.5 Å². The molecule has 1 amide bonds. The maximum absolute atomic E-state index is 13.1. The van der Waals surface area contributed by atoms with Crippen LogP contribution in [0.2, 0.25) is 0 Å². The standard InChI is InChI=1S/C23H24N4O3/c1-4-30-20-12-8-5-9-17(20)14-24-23(29)16(3)27-19-11-7-6-10-18(19)22-25-21(28)13-15(2)26(22)27/h5-13,16H,4,14H2,1-3H3,(H,24,29). The monoisotopic (exact) mass is 404 g/mol. The van der Waals surface area contributed by atoms with Crippen molar-refractivity contribution in [2.45, 2.75) is 33.4 Å². The van der Waals surface area contributed by atoms with Crippen molar-refractivity contribution in [3.05, 3.63) is 76.2 Å². The van der Waals surface area contributed by atoms with Crippen molar-refractivity contribution < 1.29 is 9.53 Å². The lowest BCUT2D eigenvalue weighted by atomic mass is 10.2. The van der Waals surface area contributed by atoms with E-state index >= 15 is 0 Å². The molecule has 0 radical (unpaired) electrons. The fraction of sp³-hybridized carbons (Fsp3) is 0.261. The topological polar surface area (TPSA) is 77.6 Å². The first-order valence-corrected chi connectivity index (χ1v) is 9.99. The van der Waals surface area contributed by atoms with Gasteiger partial charge in [0.05, 0.1) is 12.1 Å². The highest BCUT2D eigenvalue weighted by molar-refractivity contribution is 5.94. The molecule has 0 saturated carbocycles. The summed E-state index contributed by atoms with van der Waals surface area (Å²) >= 11 is 0. The number of aryl methyl sites for hydroxylation is 1. The zero-order valence-corrected chi connectivity index (χ0v) is 17.3. The van der Waals surface area contributed by atoms with Gasteiger partial charge in [0.25, 0.3) is 5.56 Å². The molecule has 0 aliphatic rings. The van der Waals surface area contributed by atoms with E-state index in [0.717, 1.165) is 27.9 Å². The van der Waals surface area contributed by atoms with E-state index in [9.17, 15) is 9.59 Å². The summed E-state index contributed by atoms with van der Waals surface area (Å²) in [6.45, 7) is 6.54. The zero-order chi connectivity index (χ0) is 21.3. The summed E-state index contributed by atoms with van der Waals surface area (Å²) in [5.41, 5.74) is 2.75. The number of fused-ring (bicyclic) bond motifs is 3. The lowest BCUT2D eigenvalue weighted by Crippen LogP contribution is -2.32. The Morgan fingerprint density at radius 2 is 1.90 bits per heavy atom. The summed E-state index contributed by atoms with van der Waals surface area (Å²) in [7, 11) is 0. The average molecular weight is 404 g/mol. The molecular weight excluding hydrogens is 380 g/mol. The Kier molecular flexibility index (Phi) is 5.27. The van der Waals surface area contributed by atoms with Gasteiger partial charge >= 0.3 is 0 Å². The minimum Gasteiger partial charge on any atom is -0.494 e. The van der Waals surface area contributed by atoms with E-state index in [1.165, 1.54) is 6.07 Å². The summed E-state index contributed by atoms with van der Waals surface area (Å²) in [4.78, 5) is 29.3. The highest BCUT2D eigenvalue weighted by Gasteiger charge is 2.22. The largest absolute Gasteiger partial charge is 0.494 e. The number of amides is 1. The molecule has 0 aliphatic heterocycles. The summed E-state index contributed by atoms with van der Waals surface area (Å²) in [5.74, 6) is 0.629. The molecule has 2 aromatic carbocycles. The quantitative estimate of drug-likeness (QED) is 0.535. The Morgan fingerprint density at radius 1 is 1.17 bits per heavy atom. The summed E-state index contributed by atoms with van der Waals surface area (Å²) in [5, 5.41) is 3.84. The van der Waals surface area contributed by atoms with Crippen LogP contribution in [0.25, 0.3) is 16.6 Å². The van der Waals surface area contributed by atoms with Gasteiger partial charge in [-0.05, 0) is 39.0 Å². The third kappa shape index (κ3) is 3.43. The van der Waals surface area contributed by atoms with Gasteiger partial charge in [0.1, 0.15) is 11.8 Å². The SMILES string of the molecule is CCOc1ccccc1CNC(=O)C(C)n1c2ccccc2c2nc(=O)cc(C)n21. The van der Waals surface area contributed by atoms with E-state index in [4.69, 9.17) is 4.74 Å². The van der Waals surface area contributed by atoms with Crippen molar-refractivity contribution in [1.82, 2.24) is 19.5 Å². The molecule has 2 aromatic heterocycles. The van der Waals surface area contributed by atoms with Crippen LogP contribution in [0.15, 0.2) is 59.4 Å². The number of hydrogen-bond donors (Lipinski definition) is 1. The van der Waals surface area contributed by atoms with Crippen molar-refractivity contribution in [2.75, 3.05) is 6.61 Å². The maximum atomic E-state index is 13.1. The fourth-order valence-electron chi connectivity index (χ4n) is 3.78. The highest BCUT2D eigenvalue weighted by Crippen LogP contribution is 2.25. The molecule has 1 N–H and O–H groups in total. The zero-order valence-electron chi connectivity index (χ0n) is 17.3. The van der Waals surface area contributed by atoms with Crippen molar-refractivity contribution in [2.24, 2.45) is 0 Å². The third-order valence-electron chi connectivity index (χ3n) is 5.16. The molecule has 7 nitrogen and oxygen atoms in total. The molecule has 0 saturated heterocycles. The minimum atomic E-state index is -0.519. The van der Waals surface area contributed by atoms with Crippen LogP contribution in [0.3, 0.4) is 0 Å². The second-order valence-electron chi connectivity index (χ2n) is 7.17. The van der Waals surface area contributed by atoms with E-state index in [2.05, 4.69) is 10.3 Å². The molecule has 1 unspecified atom stereocenters. The van der Waals surface area contributed by atoms with Gasteiger partial charge in [-0.1, -0.05) is 30.3 Å². The van der Waals surface area contributed by atoms with Gasteiger partial charge in [0.15, 0.2) is 5.65 Å². The highest BCUT2D eigenvalue weighted by atomic mass is 16.5. The molecule has 154 valence electrons. The molecule has 7 heteroatoms. The van der Waals surface area contributed by atoms with Crippen LogP contribution in [-0.2, 0) is 11.3 Å². The molecule has 0 aliphatic carbocycles. The molecule has 0 fully saturated rings. The summed E-state index contributed by atoms with van der Waals surface area (Å²) in [6, 6.07) is 16.3. The van der Waals surface area contributed by atoms with Gasteiger partial charge < -0.3 is 10.1 Å². The number of benzene rings is 2. The van der Waals surface area contributed by atoms with E-state index < -0.39 is 6.04 Å². The van der Waals surface area contributed by atoms with Crippen LogP contribution in [0.5, 0.6) is 5.75 Å². The predicted molar refractivity (Wildman–Crippen MR) is 116 cm³/mol. The number of nitrogens with zero attached hydrogens (tertiary/aromatic N) is 3. The van der Waals surface area contributed by atoms with Crippen molar-refractivity contribution >= 4 is 22.5 Å². The van der Waals surface area contributed by atoms with Gasteiger partial charge in [-0.2, -0.15) is 4.98 Å². The van der Waals surface area contributed by atoms with Crippen LogP contribution >= 0.6 is 0 Å². The first-order valence-electron chi connectivity index (χ1n) is 9.99. The Morgan fingerprint density at radius 3 is 2.70 bits per heavy atom. The van der Waals surface area contributed by atoms with Crippen molar-refractivity contribution in [3.8, 4) is 5.75 Å². The first-order chi connectivity index (χ1) is 14.5. The molecular formula is C23H24N4O3. The van der Waals surface area contributed by atoms with Crippen LogP contribution < -0.4 is 15.6 Å². The first kappa shape index (κ1) is 19.7. The smallest absolute Gasteiger partial charge is 0.273 e. The Labute approximate surface area is 173 Å². The van der Waals surface area contributed by atoms with E-state index in [1.54, 1.807) is 0 Å². The number of carbonyl (C=O) groups excluding carboxylic acids is 1. The predicted octanol–water partition coefficient (Wildman–Crippen LogP) is 3.23. The lowest BCUT2D eigenvalue weighted by molar-refractivity contribution is -0.124. The number of carbonyl (C=O) groups is 1. The van der Waals surface area contributed by atoms with Gasteiger partial charge in [-0.3, -0.25) is 14.3 Å². The van der Waals surface area contributed by atoms with Gasteiger partial charge in [0, 0.05) is 29.3 Å². The molecule has 4 rings (SSSR count). The molecule has 0 spiro atoms. The van der Waals surface area contributed by atoms with Crippen LogP contribution in [0.1, 0.15) is 31.1 Å². The fourth-order valence-corrected chi connectivity index (χ4v) is 3.78. The number of aromatic nitrogens is 3. The van der Waals surface area contributed by atoms with Crippen LogP contribution in [0.4, 0.5) is 0 Å². The maximum Gasteiger partial charge on any atom is 0.273 e. The summed E-state index contributed by atoms with van der Waals surface area (Å²) in [6.07, 6.45) is 0. The number of nitrogens with one attached hydrogen (secondary N) is 1. The third-order valence-corrected chi connectivity index (χ3v) is 5.16. The second kappa shape index (κ2) is 8.02. The molecule has 0 bridgehead atoms. The van der Waals surface area contributed by atoms with Crippen molar-refractivity contribution in [3.63, 3.8) is 0 Å². The van der Waals surface area contributed by atoms with Gasteiger partial charge in [-0.25, -0.2) is 4.52 Å². The van der Waals surface area contributed by atoms with Crippen molar-refractivity contribution in [1.29, 1.82) is 0 Å². The molecule has 2 heterocycles. The minimum absolute atomic E-state index is 0.137. The van der Waals surface area contributed by atoms with E-state index in [-0.39, 0.29) is 11.5 Å². The number of para-hydroxylation sites is 2. The molecule has 4 aromatic rings. The molecule has 1 atom stereocenters. The Bertz CT molecular complexity index is 1290. The average Bonchev–Trinajstić information content (AvgIpc) is 3.07. The number of hydrogen-bond acceptors (Lipinski definition) is 4. The lowest BCUT2D eigenvalue weighted by Gasteiger charge is -2.18. The van der Waals surface area contributed by atoms with Crippen LogP contribution in [-0.4, -0.2) is 26.7 Å². The summed E-state index contributed by atoms with van der Waals surface area (Å²) < 4.78 is 9.37.